The predicted molar refractivity (Wildman–Crippen MR) is 102 cm³/mol. The first kappa shape index (κ1) is 19.0. The zero-order valence-electron chi connectivity index (χ0n) is 15.3. The molecule has 1 N–H and O–H groups in total. The minimum Gasteiger partial charge on any atom is -0.379 e. The summed E-state index contributed by atoms with van der Waals surface area (Å²) in [5, 5.41) is 13.8. The molecule has 142 valence electrons. The van der Waals surface area contributed by atoms with Crippen LogP contribution in [0.4, 0.5) is 5.69 Å². The normalized spacial score (nSPS) is 14.7. The fourth-order valence-electron chi connectivity index (χ4n) is 3.14. The largest absolute Gasteiger partial charge is 0.379 e. The predicted octanol–water partition coefficient (Wildman–Crippen LogP) is 2.67. The van der Waals surface area contributed by atoms with Crippen LogP contribution in [-0.2, 0) is 17.8 Å². The highest BCUT2D eigenvalue weighted by Gasteiger charge is 2.14. The van der Waals surface area contributed by atoms with Gasteiger partial charge in [0.1, 0.15) is 0 Å². The number of hydrogen-bond acceptors (Lipinski definition) is 5. The van der Waals surface area contributed by atoms with E-state index in [0.717, 1.165) is 38.4 Å². The topological polar surface area (TPSA) is 84.7 Å². The molecule has 0 bridgehead atoms. The second-order valence-electron chi connectivity index (χ2n) is 6.65. The van der Waals surface area contributed by atoms with Gasteiger partial charge in [0, 0.05) is 43.4 Å². The van der Waals surface area contributed by atoms with Crippen molar-refractivity contribution in [3.63, 3.8) is 0 Å². The van der Waals surface area contributed by atoms with Crippen LogP contribution in [0.2, 0.25) is 0 Å². The van der Waals surface area contributed by atoms with E-state index in [-0.39, 0.29) is 11.6 Å². The Morgan fingerprint density at radius 3 is 2.63 bits per heavy atom. The molecule has 27 heavy (non-hydrogen) atoms. The first-order valence-electron chi connectivity index (χ1n) is 8.94. The molecule has 0 aromatic heterocycles. The molecule has 0 atom stereocenters. The van der Waals surface area contributed by atoms with Gasteiger partial charge in [0.2, 0.25) is 0 Å². The molecule has 0 saturated carbocycles. The number of carbonyl (C=O) groups excluding carboxylic acids is 1. The number of rotatable bonds is 6. The van der Waals surface area contributed by atoms with Crippen LogP contribution in [0.1, 0.15) is 27.0 Å². The number of nitrogens with zero attached hydrogens (tertiary/aromatic N) is 2. The summed E-state index contributed by atoms with van der Waals surface area (Å²) in [6.45, 7) is 6.30. The monoisotopic (exact) mass is 369 g/mol. The molecule has 0 aliphatic carbocycles. The molecular formula is C20H23N3O4. The van der Waals surface area contributed by atoms with Gasteiger partial charge in [-0.05, 0) is 30.2 Å². The molecule has 1 fully saturated rings. The van der Waals surface area contributed by atoms with E-state index >= 15 is 0 Å². The number of nitro groups is 1. The SMILES string of the molecule is Cc1cc(C(=O)NCc2cccc(CN3CCOCC3)c2)ccc1[N+](=O)[O-]. The second kappa shape index (κ2) is 8.75. The van der Waals surface area contributed by atoms with Gasteiger partial charge in [-0.15, -0.1) is 0 Å². The molecule has 0 unspecified atom stereocenters. The lowest BCUT2D eigenvalue weighted by atomic mass is 10.1. The Hall–Kier alpha value is -2.77. The van der Waals surface area contributed by atoms with Crippen molar-refractivity contribution in [3.8, 4) is 0 Å². The molecule has 3 rings (SSSR count). The first-order valence-corrected chi connectivity index (χ1v) is 8.94. The van der Waals surface area contributed by atoms with Crippen LogP contribution in [0.3, 0.4) is 0 Å². The zero-order chi connectivity index (χ0) is 19.2. The van der Waals surface area contributed by atoms with Crippen molar-refractivity contribution < 1.29 is 14.5 Å². The van der Waals surface area contributed by atoms with Crippen molar-refractivity contribution in [1.82, 2.24) is 10.2 Å². The van der Waals surface area contributed by atoms with Gasteiger partial charge in [0.25, 0.3) is 11.6 Å². The van der Waals surface area contributed by atoms with Gasteiger partial charge in [-0.3, -0.25) is 19.8 Å². The molecule has 1 saturated heterocycles. The molecule has 7 heteroatoms. The van der Waals surface area contributed by atoms with Crippen LogP contribution < -0.4 is 5.32 Å². The van der Waals surface area contributed by atoms with Gasteiger partial charge in [-0.2, -0.15) is 0 Å². The van der Waals surface area contributed by atoms with Gasteiger partial charge >= 0.3 is 0 Å². The third-order valence-electron chi connectivity index (χ3n) is 4.61. The first-order chi connectivity index (χ1) is 13.0. The summed E-state index contributed by atoms with van der Waals surface area (Å²) in [6, 6.07) is 12.5. The number of nitrogens with one attached hydrogen (secondary N) is 1. The van der Waals surface area contributed by atoms with E-state index < -0.39 is 4.92 Å². The Morgan fingerprint density at radius 1 is 1.19 bits per heavy atom. The summed E-state index contributed by atoms with van der Waals surface area (Å²) >= 11 is 0. The number of benzene rings is 2. The average molecular weight is 369 g/mol. The van der Waals surface area contributed by atoms with Gasteiger partial charge in [-0.1, -0.05) is 24.3 Å². The van der Waals surface area contributed by atoms with Gasteiger partial charge in [0.15, 0.2) is 0 Å². The van der Waals surface area contributed by atoms with Crippen molar-refractivity contribution in [1.29, 1.82) is 0 Å². The number of ether oxygens (including phenoxy) is 1. The van der Waals surface area contributed by atoms with Crippen molar-refractivity contribution in [2.75, 3.05) is 26.3 Å². The quantitative estimate of drug-likeness (QED) is 0.625. The van der Waals surface area contributed by atoms with E-state index in [0.29, 0.717) is 17.7 Å². The van der Waals surface area contributed by atoms with E-state index in [1.54, 1.807) is 13.0 Å². The molecule has 1 aliphatic rings. The fourth-order valence-corrected chi connectivity index (χ4v) is 3.14. The van der Waals surface area contributed by atoms with E-state index in [1.807, 2.05) is 12.1 Å². The van der Waals surface area contributed by atoms with Crippen LogP contribution >= 0.6 is 0 Å². The molecule has 2 aromatic carbocycles. The maximum absolute atomic E-state index is 12.4. The lowest BCUT2D eigenvalue weighted by Gasteiger charge is -2.26. The smallest absolute Gasteiger partial charge is 0.272 e. The van der Waals surface area contributed by atoms with Gasteiger partial charge in [0.05, 0.1) is 18.1 Å². The summed E-state index contributed by atoms with van der Waals surface area (Å²) in [5.41, 5.74) is 3.13. The molecular weight excluding hydrogens is 346 g/mol. The highest BCUT2D eigenvalue weighted by molar-refractivity contribution is 5.94. The third-order valence-corrected chi connectivity index (χ3v) is 4.61. The van der Waals surface area contributed by atoms with E-state index in [2.05, 4.69) is 22.3 Å². The summed E-state index contributed by atoms with van der Waals surface area (Å²) in [7, 11) is 0. The summed E-state index contributed by atoms with van der Waals surface area (Å²) in [5.74, 6) is -0.244. The summed E-state index contributed by atoms with van der Waals surface area (Å²) in [6.07, 6.45) is 0. The Labute approximate surface area is 158 Å². The van der Waals surface area contributed by atoms with Crippen molar-refractivity contribution in [2.45, 2.75) is 20.0 Å². The molecule has 7 nitrogen and oxygen atoms in total. The van der Waals surface area contributed by atoms with Crippen LogP contribution in [0.5, 0.6) is 0 Å². The Morgan fingerprint density at radius 2 is 1.93 bits per heavy atom. The molecule has 1 amide bonds. The van der Waals surface area contributed by atoms with Crippen molar-refractivity contribution in [3.05, 3.63) is 74.8 Å². The molecule has 1 aliphatic heterocycles. The van der Waals surface area contributed by atoms with Crippen LogP contribution in [0, 0.1) is 17.0 Å². The Bertz CT molecular complexity index is 832. The highest BCUT2D eigenvalue weighted by atomic mass is 16.6. The lowest BCUT2D eigenvalue weighted by molar-refractivity contribution is -0.385. The number of carbonyl (C=O) groups is 1. The Balaban J connectivity index is 1.59. The number of nitro benzene ring substituents is 1. The van der Waals surface area contributed by atoms with Gasteiger partial charge in [-0.25, -0.2) is 0 Å². The standard InChI is InChI=1S/C20H23N3O4/c1-15-11-18(5-6-19(15)23(25)26)20(24)21-13-16-3-2-4-17(12-16)14-22-7-9-27-10-8-22/h2-6,11-12H,7-10,13-14H2,1H3,(H,21,24). The third kappa shape index (κ3) is 5.12. The summed E-state index contributed by atoms with van der Waals surface area (Å²) in [4.78, 5) is 25.1. The molecule has 0 spiro atoms. The zero-order valence-corrected chi connectivity index (χ0v) is 15.3. The maximum atomic E-state index is 12.4. The van der Waals surface area contributed by atoms with Gasteiger partial charge < -0.3 is 10.1 Å². The van der Waals surface area contributed by atoms with E-state index in [4.69, 9.17) is 4.74 Å². The Kier molecular flexibility index (Phi) is 6.16. The molecule has 2 aromatic rings. The van der Waals surface area contributed by atoms with E-state index in [1.165, 1.54) is 17.7 Å². The van der Waals surface area contributed by atoms with Crippen LogP contribution in [0.25, 0.3) is 0 Å². The van der Waals surface area contributed by atoms with Crippen LogP contribution in [-0.4, -0.2) is 42.0 Å². The molecule has 0 radical (unpaired) electrons. The number of aryl methyl sites for hydroxylation is 1. The minimum atomic E-state index is -0.447. The number of morpholine rings is 1. The highest BCUT2D eigenvalue weighted by Crippen LogP contribution is 2.19. The van der Waals surface area contributed by atoms with Crippen molar-refractivity contribution >= 4 is 11.6 Å². The van der Waals surface area contributed by atoms with Crippen LogP contribution in [0.15, 0.2) is 42.5 Å². The second-order valence-corrected chi connectivity index (χ2v) is 6.65. The average Bonchev–Trinajstić information content (AvgIpc) is 2.67. The number of hydrogen-bond donors (Lipinski definition) is 1. The molecule has 1 heterocycles. The summed E-state index contributed by atoms with van der Waals surface area (Å²) < 4.78 is 5.37. The number of amides is 1. The van der Waals surface area contributed by atoms with E-state index in [9.17, 15) is 14.9 Å². The van der Waals surface area contributed by atoms with Crippen molar-refractivity contribution in [2.24, 2.45) is 0 Å². The maximum Gasteiger partial charge on any atom is 0.272 e. The fraction of sp³-hybridized carbons (Fsp3) is 0.350. The minimum absolute atomic E-state index is 0.0161. The lowest BCUT2D eigenvalue weighted by Crippen LogP contribution is -2.35.